The molecule has 1 aliphatic carbocycles. The Morgan fingerprint density at radius 3 is 2.35 bits per heavy atom. The van der Waals surface area contributed by atoms with Crippen LogP contribution in [0.2, 0.25) is 5.02 Å². The molecular formula is C14H17ClO4S. The number of sulfone groups is 1. The Bertz CT molecular complexity index is 631. The van der Waals surface area contributed by atoms with Gasteiger partial charge in [-0.25, -0.2) is 8.42 Å². The molecule has 0 amide bonds. The number of carbonyl (C=O) groups is 1. The van der Waals surface area contributed by atoms with Gasteiger partial charge in [0.2, 0.25) is 0 Å². The molecule has 1 fully saturated rings. The van der Waals surface area contributed by atoms with Crippen molar-refractivity contribution in [3.63, 3.8) is 0 Å². The van der Waals surface area contributed by atoms with E-state index in [1.165, 1.54) is 6.07 Å². The topological polar surface area (TPSA) is 71.4 Å². The van der Waals surface area contributed by atoms with Gasteiger partial charge in [-0.3, -0.25) is 4.79 Å². The van der Waals surface area contributed by atoms with Gasteiger partial charge < -0.3 is 5.11 Å². The molecule has 0 aliphatic heterocycles. The summed E-state index contributed by atoms with van der Waals surface area (Å²) in [7, 11) is -3.52. The highest BCUT2D eigenvalue weighted by Crippen LogP contribution is 2.45. The number of carboxylic acids is 1. The second-order valence-corrected chi connectivity index (χ2v) is 7.72. The monoisotopic (exact) mass is 316 g/mol. The average molecular weight is 317 g/mol. The lowest BCUT2D eigenvalue weighted by Crippen LogP contribution is -2.39. The summed E-state index contributed by atoms with van der Waals surface area (Å²) in [6.07, 6.45) is 4.43. The molecule has 0 spiro atoms. The van der Waals surface area contributed by atoms with Crippen LogP contribution in [0.4, 0.5) is 0 Å². The molecule has 0 saturated heterocycles. The summed E-state index contributed by atoms with van der Waals surface area (Å²) in [6, 6.07) is 4.54. The molecule has 6 heteroatoms. The molecule has 4 nitrogen and oxygen atoms in total. The lowest BCUT2D eigenvalue weighted by Gasteiger charge is -2.35. The van der Waals surface area contributed by atoms with Gasteiger partial charge in [0.1, 0.15) is 0 Å². The second kappa shape index (κ2) is 5.37. The lowest BCUT2D eigenvalue weighted by molar-refractivity contribution is -0.145. The van der Waals surface area contributed by atoms with Gasteiger partial charge in [0.05, 0.1) is 10.3 Å². The fourth-order valence-electron chi connectivity index (χ4n) is 3.00. The van der Waals surface area contributed by atoms with Crippen molar-refractivity contribution in [2.24, 2.45) is 0 Å². The number of rotatable bonds is 3. The van der Waals surface area contributed by atoms with Gasteiger partial charge in [-0.1, -0.05) is 36.9 Å². The van der Waals surface area contributed by atoms with Crippen LogP contribution in [0, 0.1) is 0 Å². The number of halogens is 1. The Morgan fingerprint density at radius 2 is 1.85 bits per heavy atom. The van der Waals surface area contributed by atoms with E-state index in [4.69, 9.17) is 11.6 Å². The van der Waals surface area contributed by atoms with E-state index in [9.17, 15) is 18.3 Å². The highest BCUT2D eigenvalue weighted by atomic mass is 35.5. The number of benzene rings is 1. The van der Waals surface area contributed by atoms with E-state index in [1.54, 1.807) is 12.1 Å². The summed E-state index contributed by atoms with van der Waals surface area (Å²) in [5.74, 6) is -0.991. The Balaban J connectivity index is 2.75. The zero-order valence-electron chi connectivity index (χ0n) is 11.2. The summed E-state index contributed by atoms with van der Waals surface area (Å²) >= 11 is 6.17. The van der Waals surface area contributed by atoms with Crippen molar-refractivity contribution in [2.75, 3.05) is 6.26 Å². The lowest BCUT2D eigenvalue weighted by atomic mass is 9.69. The molecule has 0 heterocycles. The third-order valence-corrected chi connectivity index (χ3v) is 5.42. The zero-order valence-corrected chi connectivity index (χ0v) is 12.8. The number of hydrogen-bond donors (Lipinski definition) is 1. The first-order valence-electron chi connectivity index (χ1n) is 6.51. The summed E-state index contributed by atoms with van der Waals surface area (Å²) in [5.41, 5.74) is -0.925. The van der Waals surface area contributed by atoms with Crippen LogP contribution in [-0.2, 0) is 20.0 Å². The van der Waals surface area contributed by atoms with Crippen LogP contribution in [0.1, 0.15) is 37.7 Å². The van der Waals surface area contributed by atoms with Crippen molar-refractivity contribution in [1.29, 1.82) is 0 Å². The Labute approximate surface area is 123 Å². The quantitative estimate of drug-likeness (QED) is 0.930. The molecule has 0 atom stereocenters. The van der Waals surface area contributed by atoms with E-state index in [2.05, 4.69) is 0 Å². The third kappa shape index (κ3) is 2.56. The molecule has 0 radical (unpaired) electrons. The Hall–Kier alpha value is -1.07. The third-order valence-electron chi connectivity index (χ3n) is 3.97. The number of aliphatic carboxylic acids is 1. The predicted molar refractivity (Wildman–Crippen MR) is 77.0 cm³/mol. The van der Waals surface area contributed by atoms with Gasteiger partial charge in [0, 0.05) is 16.8 Å². The normalized spacial score (nSPS) is 18.7. The Kier molecular flexibility index (Phi) is 4.12. The first-order valence-corrected chi connectivity index (χ1v) is 8.78. The van der Waals surface area contributed by atoms with Crippen molar-refractivity contribution in [3.8, 4) is 0 Å². The summed E-state index contributed by atoms with van der Waals surface area (Å²) < 4.78 is 23.9. The van der Waals surface area contributed by atoms with Gasteiger partial charge >= 0.3 is 5.97 Å². The molecule has 110 valence electrons. The minimum absolute atomic E-state index is 0.0364. The molecule has 2 rings (SSSR count). The minimum Gasteiger partial charge on any atom is -0.481 e. The number of carboxylic acid groups (broad SMARTS) is 1. The first-order chi connectivity index (χ1) is 9.29. The van der Waals surface area contributed by atoms with Crippen LogP contribution >= 0.6 is 11.6 Å². The summed E-state index contributed by atoms with van der Waals surface area (Å²) in [5, 5.41) is 9.92. The van der Waals surface area contributed by atoms with E-state index in [-0.39, 0.29) is 15.5 Å². The molecule has 1 N–H and O–H groups in total. The standard InChI is InChI=1S/C14H17ClO4S/c1-20(18,19)11-7-5-6-10(15)12(11)14(13(16)17)8-3-2-4-9-14/h5-7H,2-4,8-9H2,1H3,(H,16,17). The highest BCUT2D eigenvalue weighted by molar-refractivity contribution is 7.90. The van der Waals surface area contributed by atoms with Gasteiger partial charge in [-0.15, -0.1) is 0 Å². The van der Waals surface area contributed by atoms with Gasteiger partial charge in [-0.05, 0) is 25.0 Å². The summed E-state index contributed by atoms with van der Waals surface area (Å²) in [6.45, 7) is 0. The van der Waals surface area contributed by atoms with Gasteiger partial charge in [-0.2, -0.15) is 0 Å². The molecule has 1 aliphatic rings. The molecular weight excluding hydrogens is 300 g/mol. The minimum atomic E-state index is -3.52. The SMILES string of the molecule is CS(=O)(=O)c1cccc(Cl)c1C1(C(=O)O)CCCCC1. The van der Waals surface area contributed by atoms with E-state index in [0.717, 1.165) is 25.5 Å². The van der Waals surface area contributed by atoms with Crippen LogP contribution in [-0.4, -0.2) is 25.7 Å². The van der Waals surface area contributed by atoms with E-state index < -0.39 is 21.2 Å². The van der Waals surface area contributed by atoms with Crippen LogP contribution in [0.15, 0.2) is 23.1 Å². The number of hydrogen-bond acceptors (Lipinski definition) is 3. The van der Waals surface area contributed by atoms with Crippen LogP contribution < -0.4 is 0 Å². The summed E-state index contributed by atoms with van der Waals surface area (Å²) in [4.78, 5) is 11.9. The van der Waals surface area contributed by atoms with Crippen LogP contribution in [0.25, 0.3) is 0 Å². The van der Waals surface area contributed by atoms with Crippen molar-refractivity contribution >= 4 is 27.4 Å². The Morgan fingerprint density at radius 1 is 1.25 bits per heavy atom. The molecule has 1 saturated carbocycles. The predicted octanol–water partition coefficient (Wildman–Crippen LogP) is 3.03. The fraction of sp³-hybridized carbons (Fsp3) is 0.500. The largest absolute Gasteiger partial charge is 0.481 e. The first kappa shape index (κ1) is 15.3. The average Bonchev–Trinajstić information content (AvgIpc) is 2.38. The highest BCUT2D eigenvalue weighted by Gasteiger charge is 2.45. The molecule has 20 heavy (non-hydrogen) atoms. The van der Waals surface area contributed by atoms with Crippen molar-refractivity contribution < 1.29 is 18.3 Å². The van der Waals surface area contributed by atoms with Gasteiger partial charge in [0.25, 0.3) is 0 Å². The fourth-order valence-corrected chi connectivity index (χ4v) is 4.42. The van der Waals surface area contributed by atoms with E-state index >= 15 is 0 Å². The maximum atomic E-state index is 12.0. The van der Waals surface area contributed by atoms with Crippen molar-refractivity contribution in [1.82, 2.24) is 0 Å². The van der Waals surface area contributed by atoms with Crippen molar-refractivity contribution in [3.05, 3.63) is 28.8 Å². The van der Waals surface area contributed by atoms with E-state index in [1.807, 2.05) is 0 Å². The molecule has 0 unspecified atom stereocenters. The maximum absolute atomic E-state index is 12.0. The van der Waals surface area contributed by atoms with Crippen LogP contribution in [0.3, 0.4) is 0 Å². The molecule has 0 aromatic heterocycles. The smallest absolute Gasteiger partial charge is 0.314 e. The molecule has 0 bridgehead atoms. The van der Waals surface area contributed by atoms with E-state index in [0.29, 0.717) is 12.8 Å². The zero-order chi connectivity index (χ0) is 15.0. The maximum Gasteiger partial charge on any atom is 0.314 e. The molecule has 1 aromatic carbocycles. The van der Waals surface area contributed by atoms with Crippen molar-refractivity contribution in [2.45, 2.75) is 42.4 Å². The molecule has 1 aromatic rings. The second-order valence-electron chi connectivity index (χ2n) is 5.33. The van der Waals surface area contributed by atoms with Crippen LogP contribution in [0.5, 0.6) is 0 Å². The van der Waals surface area contributed by atoms with Gasteiger partial charge in [0.15, 0.2) is 9.84 Å².